The van der Waals surface area contributed by atoms with E-state index in [0.29, 0.717) is 13.1 Å². The lowest BCUT2D eigenvalue weighted by molar-refractivity contribution is -0.132. The number of carbonyl (C=O) groups is 1. The summed E-state index contributed by atoms with van der Waals surface area (Å²) in [6.07, 6.45) is 1.01. The molecule has 19 heavy (non-hydrogen) atoms. The van der Waals surface area contributed by atoms with Crippen molar-refractivity contribution in [3.05, 3.63) is 35.6 Å². The molecule has 0 aliphatic carbocycles. The molecule has 1 aromatic carbocycles. The Morgan fingerprint density at radius 1 is 1.32 bits per heavy atom. The molecule has 3 nitrogen and oxygen atoms in total. The van der Waals surface area contributed by atoms with Gasteiger partial charge in [0.2, 0.25) is 5.91 Å². The number of carbonyl (C=O) groups excluding carboxylic acids is 1. The molecule has 1 atom stereocenters. The van der Waals surface area contributed by atoms with Gasteiger partial charge in [-0.15, -0.1) is 0 Å². The fraction of sp³-hybridized carbons (Fsp3) is 0.533. The van der Waals surface area contributed by atoms with Crippen molar-refractivity contribution in [3.8, 4) is 0 Å². The SMILES string of the molecule is CCCNCC(=O)N(CC)C(C)c1ccc(F)cc1. The number of nitrogens with one attached hydrogen (secondary N) is 1. The summed E-state index contributed by atoms with van der Waals surface area (Å²) in [5, 5.41) is 3.11. The van der Waals surface area contributed by atoms with E-state index in [9.17, 15) is 9.18 Å². The average molecular weight is 266 g/mol. The van der Waals surface area contributed by atoms with Crippen LogP contribution in [0.25, 0.3) is 0 Å². The Morgan fingerprint density at radius 3 is 2.47 bits per heavy atom. The van der Waals surface area contributed by atoms with Gasteiger partial charge in [0.25, 0.3) is 0 Å². The van der Waals surface area contributed by atoms with Crippen LogP contribution in [0.5, 0.6) is 0 Å². The Kier molecular flexibility index (Phi) is 6.50. The number of rotatable bonds is 7. The third-order valence-corrected chi connectivity index (χ3v) is 3.18. The highest BCUT2D eigenvalue weighted by Crippen LogP contribution is 2.20. The number of hydrogen-bond donors (Lipinski definition) is 1. The lowest BCUT2D eigenvalue weighted by atomic mass is 10.1. The highest BCUT2D eigenvalue weighted by atomic mass is 19.1. The molecule has 0 aromatic heterocycles. The highest BCUT2D eigenvalue weighted by Gasteiger charge is 2.19. The summed E-state index contributed by atoms with van der Waals surface area (Å²) < 4.78 is 12.9. The molecule has 0 radical (unpaired) electrons. The molecule has 0 fully saturated rings. The fourth-order valence-electron chi connectivity index (χ4n) is 2.06. The van der Waals surface area contributed by atoms with Crippen molar-refractivity contribution in [2.75, 3.05) is 19.6 Å². The van der Waals surface area contributed by atoms with Gasteiger partial charge in [-0.25, -0.2) is 4.39 Å². The van der Waals surface area contributed by atoms with Gasteiger partial charge in [0, 0.05) is 6.54 Å². The molecular formula is C15H23FN2O. The maximum Gasteiger partial charge on any atom is 0.237 e. The summed E-state index contributed by atoms with van der Waals surface area (Å²) in [5.41, 5.74) is 0.951. The Labute approximate surface area is 114 Å². The smallest absolute Gasteiger partial charge is 0.237 e. The van der Waals surface area contributed by atoms with E-state index in [1.54, 1.807) is 17.0 Å². The predicted molar refractivity (Wildman–Crippen MR) is 75.4 cm³/mol. The minimum absolute atomic E-state index is 0.0403. The lowest BCUT2D eigenvalue weighted by Gasteiger charge is -2.28. The number of nitrogens with zero attached hydrogens (tertiary/aromatic N) is 1. The van der Waals surface area contributed by atoms with E-state index in [-0.39, 0.29) is 17.8 Å². The summed E-state index contributed by atoms with van der Waals surface area (Å²) in [6, 6.07) is 6.28. The number of likely N-dealkylation sites (N-methyl/N-ethyl adjacent to an activating group) is 1. The molecule has 0 bridgehead atoms. The first-order chi connectivity index (χ1) is 9.10. The first-order valence-electron chi connectivity index (χ1n) is 6.85. The van der Waals surface area contributed by atoms with E-state index in [2.05, 4.69) is 12.2 Å². The minimum Gasteiger partial charge on any atom is -0.335 e. The maximum absolute atomic E-state index is 12.9. The van der Waals surface area contributed by atoms with E-state index in [1.165, 1.54) is 12.1 Å². The topological polar surface area (TPSA) is 32.3 Å². The summed E-state index contributed by atoms with van der Waals surface area (Å²) >= 11 is 0. The van der Waals surface area contributed by atoms with Gasteiger partial charge in [-0.05, 0) is 44.5 Å². The fourth-order valence-corrected chi connectivity index (χ4v) is 2.06. The number of benzene rings is 1. The zero-order chi connectivity index (χ0) is 14.3. The largest absolute Gasteiger partial charge is 0.335 e. The second-order valence-electron chi connectivity index (χ2n) is 4.58. The molecule has 4 heteroatoms. The van der Waals surface area contributed by atoms with Gasteiger partial charge in [0.1, 0.15) is 5.82 Å². The number of amides is 1. The van der Waals surface area contributed by atoms with E-state index < -0.39 is 0 Å². The third-order valence-electron chi connectivity index (χ3n) is 3.18. The number of hydrogen-bond acceptors (Lipinski definition) is 2. The normalized spacial score (nSPS) is 12.2. The molecule has 0 saturated heterocycles. The first kappa shape index (κ1) is 15.6. The quantitative estimate of drug-likeness (QED) is 0.770. The molecule has 1 amide bonds. The number of halogens is 1. The van der Waals surface area contributed by atoms with E-state index in [1.807, 2.05) is 13.8 Å². The molecule has 0 heterocycles. The second-order valence-corrected chi connectivity index (χ2v) is 4.58. The predicted octanol–water partition coefficient (Wildman–Crippen LogP) is 2.73. The van der Waals surface area contributed by atoms with Crippen molar-refractivity contribution >= 4 is 5.91 Å². The van der Waals surface area contributed by atoms with Gasteiger partial charge in [-0.2, -0.15) is 0 Å². The van der Waals surface area contributed by atoms with Gasteiger partial charge in [-0.1, -0.05) is 19.1 Å². The van der Waals surface area contributed by atoms with Gasteiger partial charge in [-0.3, -0.25) is 4.79 Å². The zero-order valence-corrected chi connectivity index (χ0v) is 11.9. The minimum atomic E-state index is -0.255. The van der Waals surface area contributed by atoms with Gasteiger partial charge >= 0.3 is 0 Å². The van der Waals surface area contributed by atoms with E-state index >= 15 is 0 Å². The molecule has 1 rings (SSSR count). The van der Waals surface area contributed by atoms with Crippen LogP contribution in [0.3, 0.4) is 0 Å². The average Bonchev–Trinajstić information content (AvgIpc) is 2.40. The summed E-state index contributed by atoms with van der Waals surface area (Å²) in [7, 11) is 0. The van der Waals surface area contributed by atoms with Crippen LogP contribution in [0.2, 0.25) is 0 Å². The Hall–Kier alpha value is -1.42. The molecule has 0 saturated carbocycles. The van der Waals surface area contributed by atoms with Crippen molar-refractivity contribution in [2.45, 2.75) is 33.2 Å². The maximum atomic E-state index is 12.9. The van der Waals surface area contributed by atoms with Crippen LogP contribution in [0.4, 0.5) is 4.39 Å². The molecule has 0 spiro atoms. The second kappa shape index (κ2) is 7.89. The van der Waals surface area contributed by atoms with Crippen LogP contribution in [0, 0.1) is 5.82 Å². The standard InChI is InChI=1S/C15H23FN2O/c1-4-10-17-11-15(19)18(5-2)12(3)13-6-8-14(16)9-7-13/h6-9,12,17H,4-5,10-11H2,1-3H3. The van der Waals surface area contributed by atoms with Crippen LogP contribution in [-0.2, 0) is 4.79 Å². The molecule has 1 N–H and O–H groups in total. The molecule has 1 unspecified atom stereocenters. The van der Waals surface area contributed by atoms with Gasteiger partial charge in [0.05, 0.1) is 12.6 Å². The van der Waals surface area contributed by atoms with Crippen LogP contribution in [0.15, 0.2) is 24.3 Å². The summed E-state index contributed by atoms with van der Waals surface area (Å²) in [5.74, 6) is -0.178. The van der Waals surface area contributed by atoms with Crippen molar-refractivity contribution in [1.82, 2.24) is 10.2 Å². The van der Waals surface area contributed by atoms with E-state index in [0.717, 1.165) is 18.5 Å². The molecule has 106 valence electrons. The monoisotopic (exact) mass is 266 g/mol. The van der Waals surface area contributed by atoms with Crippen LogP contribution in [-0.4, -0.2) is 30.4 Å². The Morgan fingerprint density at radius 2 is 1.95 bits per heavy atom. The molecule has 0 aliphatic heterocycles. The summed E-state index contributed by atoms with van der Waals surface area (Å²) in [4.78, 5) is 13.9. The Balaban J connectivity index is 2.67. The van der Waals surface area contributed by atoms with Crippen molar-refractivity contribution in [1.29, 1.82) is 0 Å². The zero-order valence-electron chi connectivity index (χ0n) is 11.9. The highest BCUT2D eigenvalue weighted by molar-refractivity contribution is 5.78. The Bertz CT molecular complexity index is 392. The van der Waals surface area contributed by atoms with Crippen molar-refractivity contribution < 1.29 is 9.18 Å². The molecular weight excluding hydrogens is 243 g/mol. The summed E-state index contributed by atoms with van der Waals surface area (Å²) in [6.45, 7) is 7.83. The molecule has 0 aliphatic rings. The van der Waals surface area contributed by atoms with Crippen LogP contribution in [0.1, 0.15) is 38.8 Å². The van der Waals surface area contributed by atoms with Crippen molar-refractivity contribution in [2.24, 2.45) is 0 Å². The van der Waals surface area contributed by atoms with Gasteiger partial charge in [0.15, 0.2) is 0 Å². The molecule has 1 aromatic rings. The van der Waals surface area contributed by atoms with Crippen LogP contribution < -0.4 is 5.32 Å². The third kappa shape index (κ3) is 4.63. The first-order valence-corrected chi connectivity index (χ1v) is 6.85. The van der Waals surface area contributed by atoms with Crippen molar-refractivity contribution in [3.63, 3.8) is 0 Å². The van der Waals surface area contributed by atoms with Crippen LogP contribution >= 0.6 is 0 Å². The van der Waals surface area contributed by atoms with Gasteiger partial charge < -0.3 is 10.2 Å². The lowest BCUT2D eigenvalue weighted by Crippen LogP contribution is -2.39. The van der Waals surface area contributed by atoms with E-state index in [4.69, 9.17) is 0 Å².